The second-order valence-corrected chi connectivity index (χ2v) is 10.4. The van der Waals surface area contributed by atoms with Gasteiger partial charge in [0.05, 0.1) is 11.1 Å². The molecule has 9 heteroatoms. The van der Waals surface area contributed by atoms with Crippen molar-refractivity contribution in [1.29, 1.82) is 0 Å². The van der Waals surface area contributed by atoms with Gasteiger partial charge >= 0.3 is 0 Å². The van der Waals surface area contributed by atoms with Crippen LogP contribution in [0.4, 0.5) is 5.69 Å². The molecule has 2 aromatic heterocycles. The highest BCUT2D eigenvalue weighted by Crippen LogP contribution is 2.35. The summed E-state index contributed by atoms with van der Waals surface area (Å²) in [5, 5.41) is 2.12. The van der Waals surface area contributed by atoms with Gasteiger partial charge in [0.1, 0.15) is 4.83 Å². The van der Waals surface area contributed by atoms with E-state index in [9.17, 15) is 9.59 Å². The van der Waals surface area contributed by atoms with Gasteiger partial charge in [0, 0.05) is 48.8 Å². The molecular formula is C22H23ClN4O2S2. The summed E-state index contributed by atoms with van der Waals surface area (Å²) >= 11 is 9.09. The van der Waals surface area contributed by atoms with Gasteiger partial charge in [-0.1, -0.05) is 29.4 Å². The van der Waals surface area contributed by atoms with Crippen LogP contribution in [0, 0.1) is 0 Å². The molecule has 162 valence electrons. The number of rotatable bonds is 4. The molecule has 0 N–H and O–H groups in total. The van der Waals surface area contributed by atoms with Crippen LogP contribution in [0.15, 0.2) is 34.2 Å². The Morgan fingerprint density at radius 2 is 2.03 bits per heavy atom. The lowest BCUT2D eigenvalue weighted by atomic mass is 10.2. The summed E-state index contributed by atoms with van der Waals surface area (Å²) in [6, 6.07) is 7.81. The van der Waals surface area contributed by atoms with Gasteiger partial charge in [-0.15, -0.1) is 11.3 Å². The highest BCUT2D eigenvalue weighted by atomic mass is 35.5. The van der Waals surface area contributed by atoms with Crippen molar-refractivity contribution in [2.24, 2.45) is 7.05 Å². The maximum Gasteiger partial charge on any atom is 0.262 e. The Morgan fingerprint density at radius 1 is 1.23 bits per heavy atom. The lowest BCUT2D eigenvalue weighted by Gasteiger charge is -2.36. The summed E-state index contributed by atoms with van der Waals surface area (Å²) < 4.78 is 1.60. The Labute approximate surface area is 193 Å². The second kappa shape index (κ2) is 8.48. The van der Waals surface area contributed by atoms with Gasteiger partial charge in [-0.2, -0.15) is 0 Å². The quantitative estimate of drug-likeness (QED) is 0.427. The summed E-state index contributed by atoms with van der Waals surface area (Å²) in [6.45, 7) is 2.91. The summed E-state index contributed by atoms with van der Waals surface area (Å²) in [7, 11) is 1.75. The van der Waals surface area contributed by atoms with Crippen molar-refractivity contribution in [3.05, 3.63) is 50.1 Å². The number of aromatic nitrogens is 2. The predicted molar refractivity (Wildman–Crippen MR) is 128 cm³/mol. The number of carbonyl (C=O) groups excluding carboxylic acids is 1. The van der Waals surface area contributed by atoms with E-state index in [2.05, 4.69) is 4.90 Å². The Morgan fingerprint density at radius 3 is 2.81 bits per heavy atom. The first-order chi connectivity index (χ1) is 15.0. The Bertz CT molecular complexity index is 1210. The van der Waals surface area contributed by atoms with E-state index in [-0.39, 0.29) is 17.2 Å². The second-order valence-electron chi connectivity index (χ2n) is 7.93. The monoisotopic (exact) mass is 474 g/mol. The number of amides is 1. The fourth-order valence-electron chi connectivity index (χ4n) is 4.34. The molecule has 0 saturated carbocycles. The first-order valence-electron chi connectivity index (χ1n) is 10.4. The maximum absolute atomic E-state index is 12.9. The number of halogens is 1. The van der Waals surface area contributed by atoms with Crippen LogP contribution in [-0.2, 0) is 24.7 Å². The molecule has 3 heterocycles. The van der Waals surface area contributed by atoms with Crippen LogP contribution < -0.4 is 10.5 Å². The molecule has 1 fully saturated rings. The molecular weight excluding hydrogens is 452 g/mol. The summed E-state index contributed by atoms with van der Waals surface area (Å²) in [6.07, 6.45) is 3.13. The number of thioether (sulfide) groups is 1. The van der Waals surface area contributed by atoms with Crippen molar-refractivity contribution < 1.29 is 4.79 Å². The molecule has 0 radical (unpaired) electrons. The van der Waals surface area contributed by atoms with Gasteiger partial charge in [-0.25, -0.2) is 4.98 Å². The van der Waals surface area contributed by atoms with Gasteiger partial charge in [-0.3, -0.25) is 14.2 Å². The highest BCUT2D eigenvalue weighted by molar-refractivity contribution is 7.99. The standard InChI is InChI=1S/C22H23ClN4O2S2/c1-25-21(29)19-16-6-3-7-17(16)31-20(19)24-22(25)30-13-18(28)27-10-8-26(9-11-27)15-5-2-4-14(23)12-15/h2,4-5,12H,3,6-11,13H2,1H3. The minimum atomic E-state index is 0.00878. The van der Waals surface area contributed by atoms with Crippen molar-refractivity contribution in [3.63, 3.8) is 0 Å². The number of benzene rings is 1. The van der Waals surface area contributed by atoms with Gasteiger partial charge in [-0.05, 0) is 43.0 Å². The lowest BCUT2D eigenvalue weighted by Crippen LogP contribution is -2.49. The van der Waals surface area contributed by atoms with Crippen molar-refractivity contribution in [1.82, 2.24) is 14.5 Å². The minimum Gasteiger partial charge on any atom is -0.368 e. The van der Waals surface area contributed by atoms with Crippen LogP contribution in [0.2, 0.25) is 5.02 Å². The largest absolute Gasteiger partial charge is 0.368 e. The van der Waals surface area contributed by atoms with E-state index in [0.29, 0.717) is 18.2 Å². The Hall–Kier alpha value is -2.03. The molecule has 1 aliphatic heterocycles. The average Bonchev–Trinajstić information content (AvgIpc) is 3.36. The Kier molecular flexibility index (Phi) is 5.71. The summed E-state index contributed by atoms with van der Waals surface area (Å²) in [4.78, 5) is 36.7. The number of piperazine rings is 1. The number of hydrogen-bond donors (Lipinski definition) is 0. The number of anilines is 1. The van der Waals surface area contributed by atoms with E-state index < -0.39 is 0 Å². The molecule has 2 aliphatic rings. The molecule has 31 heavy (non-hydrogen) atoms. The number of fused-ring (bicyclic) bond motifs is 3. The smallest absolute Gasteiger partial charge is 0.262 e. The van der Waals surface area contributed by atoms with E-state index in [1.807, 2.05) is 29.2 Å². The normalized spacial score (nSPS) is 16.2. The molecule has 0 spiro atoms. The SMILES string of the molecule is Cn1c(SCC(=O)N2CCN(c3cccc(Cl)c3)CC2)nc2sc3c(c2c1=O)CCC3. The summed E-state index contributed by atoms with van der Waals surface area (Å²) in [5.74, 6) is 0.368. The maximum atomic E-state index is 12.9. The van der Waals surface area contributed by atoms with E-state index in [1.165, 1.54) is 22.2 Å². The highest BCUT2D eigenvalue weighted by Gasteiger charge is 2.24. The van der Waals surface area contributed by atoms with Crippen molar-refractivity contribution in [2.45, 2.75) is 24.4 Å². The van der Waals surface area contributed by atoms with Crippen LogP contribution >= 0.6 is 34.7 Å². The fraction of sp³-hybridized carbons (Fsp3) is 0.409. The zero-order chi connectivity index (χ0) is 21.5. The number of hydrogen-bond acceptors (Lipinski definition) is 6. The van der Waals surface area contributed by atoms with Gasteiger partial charge in [0.15, 0.2) is 5.16 Å². The molecule has 5 rings (SSSR count). The van der Waals surface area contributed by atoms with E-state index in [4.69, 9.17) is 16.6 Å². The van der Waals surface area contributed by atoms with Gasteiger partial charge < -0.3 is 9.80 Å². The van der Waals surface area contributed by atoms with Crippen LogP contribution in [0.1, 0.15) is 16.9 Å². The van der Waals surface area contributed by atoms with Crippen LogP contribution in [-0.4, -0.2) is 52.3 Å². The molecule has 3 aromatic rings. The van der Waals surface area contributed by atoms with E-state index in [1.54, 1.807) is 23.0 Å². The topological polar surface area (TPSA) is 58.4 Å². The Balaban J connectivity index is 1.24. The van der Waals surface area contributed by atoms with Gasteiger partial charge in [0.25, 0.3) is 5.56 Å². The zero-order valence-electron chi connectivity index (χ0n) is 17.3. The third-order valence-electron chi connectivity index (χ3n) is 6.04. The molecule has 0 unspecified atom stereocenters. The van der Waals surface area contributed by atoms with Crippen molar-refractivity contribution in [2.75, 3.05) is 36.8 Å². The molecule has 1 saturated heterocycles. The minimum absolute atomic E-state index is 0.00878. The zero-order valence-corrected chi connectivity index (χ0v) is 19.7. The van der Waals surface area contributed by atoms with Crippen molar-refractivity contribution >= 4 is 56.5 Å². The molecule has 1 aliphatic carbocycles. The number of nitrogens with zero attached hydrogens (tertiary/aromatic N) is 4. The molecule has 0 atom stereocenters. The van der Waals surface area contributed by atoms with Crippen molar-refractivity contribution in [3.8, 4) is 0 Å². The number of aryl methyl sites for hydroxylation is 2. The fourth-order valence-corrected chi connectivity index (χ4v) is 6.70. The van der Waals surface area contributed by atoms with E-state index >= 15 is 0 Å². The molecule has 6 nitrogen and oxygen atoms in total. The molecule has 1 aromatic carbocycles. The molecule has 1 amide bonds. The van der Waals surface area contributed by atoms with Crippen LogP contribution in [0.25, 0.3) is 10.2 Å². The van der Waals surface area contributed by atoms with Gasteiger partial charge in [0.2, 0.25) is 5.91 Å². The number of carbonyl (C=O) groups is 1. The first kappa shape index (κ1) is 20.8. The van der Waals surface area contributed by atoms with E-state index in [0.717, 1.165) is 53.3 Å². The summed E-state index contributed by atoms with van der Waals surface area (Å²) in [5.41, 5.74) is 2.29. The van der Waals surface area contributed by atoms with Crippen LogP contribution in [0.3, 0.4) is 0 Å². The van der Waals surface area contributed by atoms with Crippen LogP contribution in [0.5, 0.6) is 0 Å². The number of thiophene rings is 1. The lowest BCUT2D eigenvalue weighted by molar-refractivity contribution is -0.128. The first-order valence-corrected chi connectivity index (χ1v) is 12.6. The average molecular weight is 475 g/mol. The predicted octanol–water partition coefficient (Wildman–Crippen LogP) is 3.58. The third kappa shape index (κ3) is 3.97. The third-order valence-corrected chi connectivity index (χ3v) is 8.47. The molecule has 0 bridgehead atoms.